The average molecular weight is 871 g/mol. The Hall–Kier alpha value is -5.15. The summed E-state index contributed by atoms with van der Waals surface area (Å²) in [6.45, 7) is 12.7. The molecule has 340 valence electrons. The maximum absolute atomic E-state index is 13.8. The number of azide groups is 1. The molecule has 0 heterocycles. The van der Waals surface area contributed by atoms with Crippen LogP contribution in [0.3, 0.4) is 0 Å². The third-order valence-corrected chi connectivity index (χ3v) is 9.61. The maximum Gasteiger partial charge on any atom is 0.245 e. The molecule has 0 fully saturated rings. The number of aliphatic hydroxyl groups is 1. The van der Waals surface area contributed by atoms with E-state index in [1.54, 1.807) is 47.8 Å². The minimum absolute atomic E-state index is 0.0861. The van der Waals surface area contributed by atoms with Crippen LogP contribution in [0.1, 0.15) is 93.9 Å². The number of carbonyl (C=O) groups is 9. The van der Waals surface area contributed by atoms with Crippen molar-refractivity contribution in [2.75, 3.05) is 18.6 Å². The van der Waals surface area contributed by atoms with Crippen LogP contribution < -0.4 is 48.7 Å². The van der Waals surface area contributed by atoms with Crippen molar-refractivity contribution in [2.45, 2.75) is 142 Å². The summed E-state index contributed by atoms with van der Waals surface area (Å²) in [7, 11) is 0. The molecular weight excluding hydrogens is 805 g/mol. The van der Waals surface area contributed by atoms with Crippen molar-refractivity contribution in [3.05, 3.63) is 10.4 Å². The highest BCUT2D eigenvalue weighted by Gasteiger charge is 2.36. The van der Waals surface area contributed by atoms with E-state index < -0.39 is 120 Å². The first kappa shape index (κ1) is 54.9. The van der Waals surface area contributed by atoms with Gasteiger partial charge in [-0.15, -0.1) is 0 Å². The summed E-state index contributed by atoms with van der Waals surface area (Å²) in [4.78, 5) is 120. The van der Waals surface area contributed by atoms with Crippen molar-refractivity contribution in [3.8, 4) is 0 Å². The molecule has 12 N–H and O–H groups in total. The Kier molecular flexibility index (Phi) is 25.9. The fourth-order valence-electron chi connectivity index (χ4n) is 5.74. The highest BCUT2D eigenvalue weighted by molar-refractivity contribution is 7.98. The van der Waals surface area contributed by atoms with Crippen molar-refractivity contribution in [2.24, 2.45) is 34.3 Å². The molecule has 0 aliphatic rings. The fraction of sp³-hybridized carbons (Fsp3) is 0.757. The predicted octanol–water partition coefficient (Wildman–Crippen LogP) is -1.27. The average Bonchev–Trinajstić information content (AvgIpc) is 3.13. The standard InChI is InChI=1S/C37H66N12O10S/c1-18(2)16-25(33(55)43-23(31(39)53)12-10-11-14-41-49-40)45-34(56)26(17-27(38)52)46-36(58)28(19(3)4)47-32(54)24(13-15-60-9)44-35(57)29(20(5)6)48-37(59)30(21(7)50)42-22(8)51/h18-21,23-26,28-30,50H,10-17H2,1-9H3,(H2,38,52)(H2,39,53)(H,42,51)(H,43,55)(H,44,57)(H,45,56)(H,46,58)(H,47,54)(H,48,59)/t21?,23-,24-,25-,26-,28-,29-,30-/m0/s1. The van der Waals surface area contributed by atoms with E-state index in [2.05, 4.69) is 47.2 Å². The van der Waals surface area contributed by atoms with Crippen LogP contribution in [0.15, 0.2) is 5.11 Å². The molecule has 8 atom stereocenters. The SMILES string of the molecule is CSCC[C@H](NC(=O)[C@@H](NC(=O)[C@@H](NC(C)=O)C(C)O)C(C)C)C(=O)N[C@H](C(=O)N[C@@H](CC(N)=O)C(=O)N[C@@H](CC(C)C)C(=O)N[C@@H](CCCCN=[N+]=[N-])C(N)=O)C(C)C. The lowest BCUT2D eigenvalue weighted by Crippen LogP contribution is -2.62. The minimum Gasteiger partial charge on any atom is -0.391 e. The van der Waals surface area contributed by atoms with Crippen LogP contribution in [0.5, 0.6) is 0 Å². The summed E-state index contributed by atoms with van der Waals surface area (Å²) in [6, 6.07) is -9.03. The molecule has 0 saturated heterocycles. The number of aliphatic hydroxyl groups excluding tert-OH is 1. The van der Waals surface area contributed by atoms with Gasteiger partial charge in [-0.2, -0.15) is 11.8 Å². The Morgan fingerprint density at radius 3 is 1.55 bits per heavy atom. The van der Waals surface area contributed by atoms with Crippen molar-refractivity contribution < 1.29 is 48.3 Å². The Balaban J connectivity index is 6.26. The molecule has 1 unspecified atom stereocenters. The summed E-state index contributed by atoms with van der Waals surface area (Å²) >= 11 is 1.38. The zero-order valence-electron chi connectivity index (χ0n) is 36.0. The number of unbranched alkanes of at least 4 members (excludes halogenated alkanes) is 1. The van der Waals surface area contributed by atoms with Crippen molar-refractivity contribution in [1.82, 2.24) is 37.2 Å². The van der Waals surface area contributed by atoms with E-state index >= 15 is 0 Å². The molecule has 23 heteroatoms. The monoisotopic (exact) mass is 870 g/mol. The van der Waals surface area contributed by atoms with Crippen LogP contribution in [0, 0.1) is 17.8 Å². The molecule has 0 saturated carbocycles. The zero-order valence-corrected chi connectivity index (χ0v) is 36.9. The summed E-state index contributed by atoms with van der Waals surface area (Å²) in [5.41, 5.74) is 19.4. The van der Waals surface area contributed by atoms with Gasteiger partial charge in [0.15, 0.2) is 0 Å². The van der Waals surface area contributed by atoms with Crippen LogP contribution in [0.25, 0.3) is 10.4 Å². The number of nitrogens with zero attached hydrogens (tertiary/aromatic N) is 3. The molecule has 60 heavy (non-hydrogen) atoms. The third-order valence-electron chi connectivity index (χ3n) is 8.96. The second kappa shape index (κ2) is 28.3. The van der Waals surface area contributed by atoms with Crippen LogP contribution >= 0.6 is 11.8 Å². The van der Waals surface area contributed by atoms with Crippen LogP contribution in [-0.4, -0.2) is 125 Å². The van der Waals surface area contributed by atoms with Gasteiger partial charge < -0.3 is 53.8 Å². The van der Waals surface area contributed by atoms with Gasteiger partial charge in [0.1, 0.15) is 42.3 Å². The number of nitrogens with one attached hydrogen (secondary N) is 7. The highest BCUT2D eigenvalue weighted by atomic mass is 32.2. The van der Waals surface area contributed by atoms with Gasteiger partial charge in [0.05, 0.1) is 12.5 Å². The highest BCUT2D eigenvalue weighted by Crippen LogP contribution is 2.12. The first-order chi connectivity index (χ1) is 28.0. The smallest absolute Gasteiger partial charge is 0.245 e. The number of carbonyl (C=O) groups excluding carboxylic acids is 9. The summed E-state index contributed by atoms with van der Waals surface area (Å²) in [5, 5.41) is 31.1. The number of amides is 9. The molecule has 0 radical (unpaired) electrons. The molecule has 0 aromatic carbocycles. The molecule has 9 amide bonds. The Bertz CT molecular complexity index is 1540. The van der Waals surface area contributed by atoms with Gasteiger partial charge in [0.2, 0.25) is 53.2 Å². The number of primary amides is 2. The minimum atomic E-state index is -1.60. The van der Waals surface area contributed by atoms with E-state index in [4.69, 9.17) is 17.0 Å². The molecule has 0 spiro atoms. The molecule has 0 aliphatic heterocycles. The van der Waals surface area contributed by atoms with Crippen molar-refractivity contribution >= 4 is 64.9 Å². The number of rotatable bonds is 29. The molecule has 22 nitrogen and oxygen atoms in total. The lowest BCUT2D eigenvalue weighted by atomic mass is 9.99. The van der Waals surface area contributed by atoms with E-state index in [9.17, 15) is 48.3 Å². The van der Waals surface area contributed by atoms with E-state index in [0.717, 1.165) is 6.92 Å². The van der Waals surface area contributed by atoms with Gasteiger partial charge >= 0.3 is 0 Å². The van der Waals surface area contributed by atoms with Gasteiger partial charge in [-0.25, -0.2) is 0 Å². The van der Waals surface area contributed by atoms with Gasteiger partial charge in [-0.3, -0.25) is 43.2 Å². The first-order valence-corrected chi connectivity index (χ1v) is 21.2. The Morgan fingerprint density at radius 2 is 1.10 bits per heavy atom. The number of nitrogens with two attached hydrogens (primary N) is 2. The van der Waals surface area contributed by atoms with Crippen molar-refractivity contribution in [1.29, 1.82) is 0 Å². The second-order valence-corrected chi connectivity index (χ2v) is 16.5. The molecule has 0 aromatic rings. The summed E-state index contributed by atoms with van der Waals surface area (Å²) in [5.74, 6) is -8.18. The van der Waals surface area contributed by atoms with Crippen LogP contribution in [0.4, 0.5) is 0 Å². The lowest BCUT2D eigenvalue weighted by Gasteiger charge is -2.30. The molecule has 0 aromatic heterocycles. The summed E-state index contributed by atoms with van der Waals surface area (Å²) in [6.07, 6.45) is 0.944. The van der Waals surface area contributed by atoms with Gasteiger partial charge in [0.25, 0.3) is 0 Å². The molecular formula is C37H66N12O10S. The van der Waals surface area contributed by atoms with Gasteiger partial charge in [0, 0.05) is 18.4 Å². The number of hydrogen-bond acceptors (Lipinski definition) is 12. The molecule has 0 bridgehead atoms. The maximum atomic E-state index is 13.8. The molecule has 0 rings (SSSR count). The Labute approximate surface area is 355 Å². The normalized spacial score (nSPS) is 15.1. The van der Waals surface area contributed by atoms with E-state index in [-0.39, 0.29) is 31.7 Å². The van der Waals surface area contributed by atoms with E-state index in [0.29, 0.717) is 18.6 Å². The van der Waals surface area contributed by atoms with Gasteiger partial charge in [-0.05, 0) is 67.9 Å². The topological polar surface area (TPSA) is 359 Å². The van der Waals surface area contributed by atoms with Crippen LogP contribution in [0.2, 0.25) is 0 Å². The first-order valence-electron chi connectivity index (χ1n) is 19.8. The second-order valence-electron chi connectivity index (χ2n) is 15.6. The lowest BCUT2D eigenvalue weighted by molar-refractivity contribution is -0.137. The fourth-order valence-corrected chi connectivity index (χ4v) is 6.21. The van der Waals surface area contributed by atoms with E-state index in [1.807, 2.05) is 0 Å². The van der Waals surface area contributed by atoms with Crippen molar-refractivity contribution in [3.63, 3.8) is 0 Å². The number of hydrogen-bond donors (Lipinski definition) is 10. The van der Waals surface area contributed by atoms with Crippen LogP contribution in [-0.2, 0) is 43.2 Å². The van der Waals surface area contributed by atoms with Gasteiger partial charge in [-0.1, -0.05) is 53.1 Å². The Morgan fingerprint density at radius 1 is 0.633 bits per heavy atom. The molecule has 0 aliphatic carbocycles. The largest absolute Gasteiger partial charge is 0.391 e. The predicted molar refractivity (Wildman–Crippen MR) is 224 cm³/mol. The third kappa shape index (κ3) is 21.2. The zero-order chi connectivity index (χ0) is 46.3. The quantitative estimate of drug-likeness (QED) is 0.0183. The number of thioether (sulfide) groups is 1. The van der Waals surface area contributed by atoms with E-state index in [1.165, 1.54) is 18.7 Å². The summed E-state index contributed by atoms with van der Waals surface area (Å²) < 4.78 is 0.